The first kappa shape index (κ1) is 21.5. The minimum atomic E-state index is -0.512. The van der Waals surface area contributed by atoms with Gasteiger partial charge >= 0.3 is 5.69 Å². The summed E-state index contributed by atoms with van der Waals surface area (Å²) in [6, 6.07) is 9.37. The molecule has 8 nitrogen and oxygen atoms in total. The lowest BCUT2D eigenvalue weighted by atomic mass is 10.1. The lowest BCUT2D eigenvalue weighted by Gasteiger charge is -2.15. The molecule has 0 saturated carbocycles. The second-order valence-corrected chi connectivity index (χ2v) is 9.48. The van der Waals surface area contributed by atoms with E-state index >= 15 is 0 Å². The van der Waals surface area contributed by atoms with Crippen molar-refractivity contribution in [3.05, 3.63) is 68.5 Å². The van der Waals surface area contributed by atoms with E-state index in [0.29, 0.717) is 32.7 Å². The minimum Gasteiger partial charge on any atom is -0.376 e. The van der Waals surface area contributed by atoms with Crippen molar-refractivity contribution >= 4 is 43.4 Å². The monoisotopic (exact) mass is 464 g/mol. The van der Waals surface area contributed by atoms with Gasteiger partial charge in [-0.2, -0.15) is 0 Å². The maximum absolute atomic E-state index is 13.5. The number of pyridine rings is 1. The molecule has 1 aliphatic heterocycles. The Morgan fingerprint density at radius 1 is 1.21 bits per heavy atom. The molecule has 0 aliphatic carbocycles. The van der Waals surface area contributed by atoms with Crippen LogP contribution in [0.4, 0.5) is 5.69 Å². The van der Waals surface area contributed by atoms with Crippen molar-refractivity contribution < 1.29 is 9.53 Å². The van der Waals surface area contributed by atoms with Crippen LogP contribution in [0.3, 0.4) is 0 Å². The van der Waals surface area contributed by atoms with Crippen molar-refractivity contribution in [3.8, 4) is 0 Å². The van der Waals surface area contributed by atoms with E-state index in [0.717, 1.165) is 24.0 Å². The molecule has 1 amide bonds. The van der Waals surface area contributed by atoms with Crippen molar-refractivity contribution in [1.29, 1.82) is 0 Å². The molecule has 1 N–H and O–H groups in total. The molecular formula is C24H24N4O4S. The summed E-state index contributed by atoms with van der Waals surface area (Å²) in [5.41, 5.74) is 2.32. The zero-order chi connectivity index (χ0) is 23.1. The molecule has 1 fully saturated rings. The predicted molar refractivity (Wildman–Crippen MR) is 129 cm³/mol. The molecule has 3 aromatic heterocycles. The van der Waals surface area contributed by atoms with E-state index in [9.17, 15) is 14.4 Å². The van der Waals surface area contributed by atoms with Crippen LogP contribution in [0.5, 0.6) is 0 Å². The summed E-state index contributed by atoms with van der Waals surface area (Å²) in [4.78, 5) is 44.8. The summed E-state index contributed by atoms with van der Waals surface area (Å²) in [5, 5.41) is 3.58. The fraction of sp³-hybridized carbons (Fsp3) is 0.333. The quantitative estimate of drug-likeness (QED) is 0.489. The van der Waals surface area contributed by atoms with Crippen LogP contribution in [-0.2, 0) is 22.6 Å². The van der Waals surface area contributed by atoms with Gasteiger partial charge in [-0.25, -0.2) is 9.78 Å². The van der Waals surface area contributed by atoms with E-state index in [1.165, 1.54) is 20.5 Å². The molecule has 170 valence electrons. The summed E-state index contributed by atoms with van der Waals surface area (Å²) in [6.45, 7) is 4.51. The van der Waals surface area contributed by atoms with Crippen LogP contribution in [-0.4, -0.2) is 32.7 Å². The second kappa shape index (κ2) is 8.57. The van der Waals surface area contributed by atoms with Crippen LogP contribution in [0.25, 0.3) is 20.4 Å². The molecule has 0 spiro atoms. The standard InChI is InChI=1S/C24H24N4O4S/c1-14-9-15(2)11-16(10-14)26-19(29)13-27-20-18-6-3-7-25-22(18)33-21(20)23(30)28(24(27)31)12-17-5-4-8-32-17/h3,6-7,9-11,17H,4-5,8,12-13H2,1-2H3,(H,26,29)/t17-/m1/s1. The summed E-state index contributed by atoms with van der Waals surface area (Å²) in [5.74, 6) is -0.339. The maximum atomic E-state index is 13.5. The van der Waals surface area contributed by atoms with E-state index < -0.39 is 5.69 Å². The first-order valence-electron chi connectivity index (χ1n) is 10.9. The number of carbonyl (C=O) groups excluding carboxylic acids is 1. The molecule has 0 bridgehead atoms. The highest BCUT2D eigenvalue weighted by Gasteiger charge is 2.24. The van der Waals surface area contributed by atoms with E-state index in [-0.39, 0.29) is 30.7 Å². The molecule has 1 aliphatic rings. The van der Waals surface area contributed by atoms with Crippen molar-refractivity contribution in [1.82, 2.24) is 14.1 Å². The van der Waals surface area contributed by atoms with Crippen LogP contribution >= 0.6 is 11.3 Å². The third-order valence-corrected chi connectivity index (χ3v) is 6.92. The first-order chi connectivity index (χ1) is 15.9. The largest absolute Gasteiger partial charge is 0.376 e. The average molecular weight is 465 g/mol. The van der Waals surface area contributed by atoms with Gasteiger partial charge in [-0.1, -0.05) is 6.07 Å². The number of fused-ring (bicyclic) bond motifs is 3. The number of hydrogen-bond donors (Lipinski definition) is 1. The maximum Gasteiger partial charge on any atom is 0.332 e. The molecule has 1 atom stereocenters. The fourth-order valence-corrected chi connectivity index (χ4v) is 5.57. The highest BCUT2D eigenvalue weighted by atomic mass is 32.1. The van der Waals surface area contributed by atoms with E-state index in [2.05, 4.69) is 10.3 Å². The van der Waals surface area contributed by atoms with Gasteiger partial charge in [-0.15, -0.1) is 11.3 Å². The topological polar surface area (TPSA) is 95.2 Å². The Morgan fingerprint density at radius 3 is 2.73 bits per heavy atom. The third kappa shape index (κ3) is 4.09. The molecular weight excluding hydrogens is 440 g/mol. The summed E-state index contributed by atoms with van der Waals surface area (Å²) >= 11 is 1.24. The van der Waals surface area contributed by atoms with E-state index in [1.807, 2.05) is 38.1 Å². The Hall–Kier alpha value is -3.30. The molecule has 0 unspecified atom stereocenters. The third-order valence-electron chi connectivity index (χ3n) is 5.83. The average Bonchev–Trinajstić information content (AvgIpc) is 3.41. The molecule has 1 aromatic carbocycles. The number of amides is 1. The zero-order valence-corrected chi connectivity index (χ0v) is 19.3. The SMILES string of the molecule is Cc1cc(C)cc(NC(=O)Cn2c(=O)n(C[C@H]3CCCO3)c(=O)c3sc4ncccc4c32)c1. The van der Waals surface area contributed by atoms with Gasteiger partial charge in [0.15, 0.2) is 0 Å². The number of carbonyl (C=O) groups is 1. The van der Waals surface area contributed by atoms with Crippen molar-refractivity contribution in [3.63, 3.8) is 0 Å². The number of aryl methyl sites for hydroxylation is 2. The van der Waals surface area contributed by atoms with Gasteiger partial charge in [-0.3, -0.25) is 18.7 Å². The van der Waals surface area contributed by atoms with E-state index in [4.69, 9.17) is 4.74 Å². The predicted octanol–water partition coefficient (Wildman–Crippen LogP) is 3.21. The molecule has 0 radical (unpaired) electrons. The fourth-order valence-electron chi connectivity index (χ4n) is 4.47. The zero-order valence-electron chi connectivity index (χ0n) is 18.5. The van der Waals surface area contributed by atoms with Crippen LogP contribution in [0, 0.1) is 13.8 Å². The summed E-state index contributed by atoms with van der Waals surface area (Å²) < 4.78 is 8.68. The van der Waals surface area contributed by atoms with Crippen molar-refractivity contribution in [2.24, 2.45) is 0 Å². The van der Waals surface area contributed by atoms with Crippen molar-refractivity contribution in [2.45, 2.75) is 45.9 Å². The van der Waals surface area contributed by atoms with Gasteiger partial charge in [-0.05, 0) is 62.1 Å². The van der Waals surface area contributed by atoms with Gasteiger partial charge in [0.05, 0.1) is 18.2 Å². The molecule has 4 aromatic rings. The van der Waals surface area contributed by atoms with Gasteiger partial charge in [0.2, 0.25) is 5.91 Å². The number of aromatic nitrogens is 3. The highest BCUT2D eigenvalue weighted by Crippen LogP contribution is 2.29. The summed E-state index contributed by atoms with van der Waals surface area (Å²) in [7, 11) is 0. The van der Waals surface area contributed by atoms with Gasteiger partial charge in [0.1, 0.15) is 16.1 Å². The summed E-state index contributed by atoms with van der Waals surface area (Å²) in [6.07, 6.45) is 3.17. The number of anilines is 1. The Morgan fingerprint density at radius 2 is 2.00 bits per heavy atom. The molecule has 5 rings (SSSR count). The molecule has 4 heterocycles. The van der Waals surface area contributed by atoms with Crippen LogP contribution in [0.2, 0.25) is 0 Å². The van der Waals surface area contributed by atoms with Crippen LogP contribution in [0.1, 0.15) is 24.0 Å². The van der Waals surface area contributed by atoms with Crippen molar-refractivity contribution in [2.75, 3.05) is 11.9 Å². The smallest absolute Gasteiger partial charge is 0.332 e. The Kier molecular flexibility index (Phi) is 5.59. The van der Waals surface area contributed by atoms with E-state index in [1.54, 1.807) is 12.3 Å². The normalized spacial score (nSPS) is 16.0. The van der Waals surface area contributed by atoms with Crippen LogP contribution < -0.4 is 16.6 Å². The number of nitrogens with zero attached hydrogens (tertiary/aromatic N) is 3. The van der Waals surface area contributed by atoms with Gasteiger partial charge in [0, 0.05) is 23.9 Å². The number of nitrogens with one attached hydrogen (secondary N) is 1. The number of ether oxygens (including phenoxy) is 1. The van der Waals surface area contributed by atoms with Gasteiger partial charge < -0.3 is 10.1 Å². The molecule has 9 heteroatoms. The number of hydrogen-bond acceptors (Lipinski definition) is 6. The minimum absolute atomic E-state index is 0.175. The number of benzene rings is 1. The number of thiophene rings is 1. The van der Waals surface area contributed by atoms with Gasteiger partial charge in [0.25, 0.3) is 5.56 Å². The molecule has 1 saturated heterocycles. The van der Waals surface area contributed by atoms with Crippen LogP contribution in [0.15, 0.2) is 46.1 Å². The first-order valence-corrected chi connectivity index (χ1v) is 11.7. The number of rotatable bonds is 5. The lowest BCUT2D eigenvalue weighted by molar-refractivity contribution is -0.116. The Bertz CT molecular complexity index is 1470. The Balaban J connectivity index is 1.61. The second-order valence-electron chi connectivity index (χ2n) is 8.48. The Labute approximate surface area is 193 Å². The molecule has 33 heavy (non-hydrogen) atoms. The lowest BCUT2D eigenvalue weighted by Crippen LogP contribution is -2.43. The highest BCUT2D eigenvalue weighted by molar-refractivity contribution is 7.25.